The van der Waals surface area contributed by atoms with E-state index in [2.05, 4.69) is 5.32 Å². The lowest BCUT2D eigenvalue weighted by atomic mass is 10.1. The highest BCUT2D eigenvalue weighted by Crippen LogP contribution is 2.40. The van der Waals surface area contributed by atoms with E-state index in [1.807, 2.05) is 31.2 Å². The molecule has 0 atom stereocenters. The molecule has 1 aliphatic rings. The van der Waals surface area contributed by atoms with Crippen LogP contribution in [0.15, 0.2) is 41.3 Å². The van der Waals surface area contributed by atoms with Crippen molar-refractivity contribution in [2.45, 2.75) is 13.3 Å². The zero-order valence-electron chi connectivity index (χ0n) is 20.1. The van der Waals surface area contributed by atoms with E-state index >= 15 is 0 Å². The standard InChI is InChI=1S/C25H28N2O7S/c1-5-17-8-6-7-9-18(17)34-15-22(28)26-10-11-27-24(29)21(35-25(27)30)14-16-12-19(31-2)23(33-4)20(13-16)32-3/h6-9,12-14H,5,10-11,15H2,1-4H3,(H,26,28)/b21-14+. The summed E-state index contributed by atoms with van der Waals surface area (Å²) in [6.07, 6.45) is 2.38. The third-order valence-corrected chi connectivity index (χ3v) is 6.14. The molecule has 2 aromatic carbocycles. The van der Waals surface area contributed by atoms with Crippen LogP contribution in [-0.2, 0) is 16.0 Å². The second-order valence-corrected chi connectivity index (χ2v) is 8.39. The van der Waals surface area contributed by atoms with Gasteiger partial charge in [-0.1, -0.05) is 25.1 Å². The minimum absolute atomic E-state index is 0.0501. The Labute approximate surface area is 208 Å². The summed E-state index contributed by atoms with van der Waals surface area (Å²) in [6, 6.07) is 10.9. The van der Waals surface area contributed by atoms with Crippen LogP contribution in [0.25, 0.3) is 6.08 Å². The van der Waals surface area contributed by atoms with Crippen molar-refractivity contribution < 1.29 is 33.3 Å². The van der Waals surface area contributed by atoms with Crippen molar-refractivity contribution >= 4 is 34.9 Å². The average Bonchev–Trinajstić information content (AvgIpc) is 3.14. The molecule has 1 N–H and O–H groups in total. The maximum Gasteiger partial charge on any atom is 0.293 e. The number of imide groups is 1. The van der Waals surface area contributed by atoms with Crippen LogP contribution in [0.4, 0.5) is 4.79 Å². The number of nitrogens with one attached hydrogen (secondary N) is 1. The van der Waals surface area contributed by atoms with Crippen molar-refractivity contribution in [1.29, 1.82) is 0 Å². The van der Waals surface area contributed by atoms with E-state index in [0.29, 0.717) is 28.6 Å². The first-order valence-corrected chi connectivity index (χ1v) is 11.8. The summed E-state index contributed by atoms with van der Waals surface area (Å²) < 4.78 is 21.6. The van der Waals surface area contributed by atoms with Crippen molar-refractivity contribution in [2.75, 3.05) is 41.0 Å². The van der Waals surface area contributed by atoms with Gasteiger partial charge in [0, 0.05) is 13.1 Å². The fraction of sp³-hybridized carbons (Fsp3) is 0.320. The number of aryl methyl sites for hydroxylation is 1. The number of thioether (sulfide) groups is 1. The number of ether oxygens (including phenoxy) is 4. The Balaban J connectivity index is 1.58. The number of para-hydroxylation sites is 1. The van der Waals surface area contributed by atoms with Crippen LogP contribution in [0.5, 0.6) is 23.0 Å². The molecule has 2 aromatic rings. The summed E-state index contributed by atoms with van der Waals surface area (Å²) in [4.78, 5) is 38.7. The van der Waals surface area contributed by atoms with Crippen LogP contribution >= 0.6 is 11.8 Å². The second kappa shape index (κ2) is 12.2. The molecule has 1 aliphatic heterocycles. The van der Waals surface area contributed by atoms with Gasteiger partial charge in [-0.2, -0.15) is 0 Å². The van der Waals surface area contributed by atoms with Gasteiger partial charge in [0.1, 0.15) is 5.75 Å². The molecule has 0 saturated carbocycles. The van der Waals surface area contributed by atoms with Crippen molar-refractivity contribution in [3.8, 4) is 23.0 Å². The van der Waals surface area contributed by atoms with Crippen LogP contribution in [0.2, 0.25) is 0 Å². The second-order valence-electron chi connectivity index (χ2n) is 7.39. The first-order valence-electron chi connectivity index (χ1n) is 10.9. The van der Waals surface area contributed by atoms with Crippen LogP contribution in [0.1, 0.15) is 18.1 Å². The van der Waals surface area contributed by atoms with E-state index in [0.717, 1.165) is 28.6 Å². The zero-order chi connectivity index (χ0) is 25.4. The number of rotatable bonds is 11. The van der Waals surface area contributed by atoms with Gasteiger partial charge in [0.25, 0.3) is 17.1 Å². The number of hydrogen-bond donors (Lipinski definition) is 1. The normalized spacial score (nSPS) is 14.3. The summed E-state index contributed by atoms with van der Waals surface area (Å²) in [6.45, 7) is 2.02. The van der Waals surface area contributed by atoms with Gasteiger partial charge in [-0.05, 0) is 53.6 Å². The summed E-state index contributed by atoms with van der Waals surface area (Å²) in [5, 5.41) is 2.27. The molecule has 0 bridgehead atoms. The van der Waals surface area contributed by atoms with Crippen LogP contribution in [-0.4, -0.2) is 63.0 Å². The molecule has 186 valence electrons. The number of carbonyl (C=O) groups excluding carboxylic acids is 3. The molecular weight excluding hydrogens is 472 g/mol. The monoisotopic (exact) mass is 500 g/mol. The zero-order valence-corrected chi connectivity index (χ0v) is 20.9. The molecule has 1 fully saturated rings. The summed E-state index contributed by atoms with van der Waals surface area (Å²) >= 11 is 0.832. The lowest BCUT2D eigenvalue weighted by Gasteiger charge is -2.14. The van der Waals surface area contributed by atoms with Crippen molar-refractivity contribution in [3.05, 3.63) is 52.4 Å². The SMILES string of the molecule is CCc1ccccc1OCC(=O)NCCN1C(=O)S/C(=C/c2cc(OC)c(OC)c(OC)c2)C1=O. The van der Waals surface area contributed by atoms with Gasteiger partial charge in [0.15, 0.2) is 18.1 Å². The van der Waals surface area contributed by atoms with Crippen LogP contribution < -0.4 is 24.3 Å². The third kappa shape index (κ3) is 6.27. The highest BCUT2D eigenvalue weighted by molar-refractivity contribution is 8.18. The quantitative estimate of drug-likeness (QED) is 0.468. The number of benzene rings is 2. The van der Waals surface area contributed by atoms with Gasteiger partial charge in [-0.3, -0.25) is 19.3 Å². The smallest absolute Gasteiger partial charge is 0.293 e. The molecule has 9 nitrogen and oxygen atoms in total. The maximum atomic E-state index is 12.8. The highest BCUT2D eigenvalue weighted by Gasteiger charge is 2.34. The molecular formula is C25H28N2O7S. The first kappa shape index (κ1) is 26.0. The summed E-state index contributed by atoms with van der Waals surface area (Å²) in [5.74, 6) is 1.19. The average molecular weight is 501 g/mol. The van der Waals surface area contributed by atoms with Gasteiger partial charge in [-0.25, -0.2) is 0 Å². The number of nitrogens with zero attached hydrogens (tertiary/aromatic N) is 1. The molecule has 0 aliphatic carbocycles. The number of methoxy groups -OCH3 is 3. The minimum Gasteiger partial charge on any atom is -0.493 e. The lowest BCUT2D eigenvalue weighted by molar-refractivity contribution is -0.125. The fourth-order valence-electron chi connectivity index (χ4n) is 3.47. The van der Waals surface area contributed by atoms with Crippen LogP contribution in [0.3, 0.4) is 0 Å². The Kier molecular flexibility index (Phi) is 9.02. The topological polar surface area (TPSA) is 103 Å². The molecule has 3 amide bonds. The summed E-state index contributed by atoms with van der Waals surface area (Å²) in [5.41, 5.74) is 1.62. The molecule has 1 saturated heterocycles. The van der Waals surface area contributed by atoms with Crippen molar-refractivity contribution in [3.63, 3.8) is 0 Å². The third-order valence-electron chi connectivity index (χ3n) is 5.23. The molecule has 1 heterocycles. The van der Waals surface area contributed by atoms with Gasteiger partial charge in [0.05, 0.1) is 26.2 Å². The van der Waals surface area contributed by atoms with E-state index in [4.69, 9.17) is 18.9 Å². The highest BCUT2D eigenvalue weighted by atomic mass is 32.2. The number of amides is 3. The summed E-state index contributed by atoms with van der Waals surface area (Å²) in [7, 11) is 4.49. The molecule has 0 aromatic heterocycles. The maximum absolute atomic E-state index is 12.8. The Morgan fingerprint density at radius 3 is 2.34 bits per heavy atom. The predicted molar refractivity (Wildman–Crippen MR) is 133 cm³/mol. The van der Waals surface area contributed by atoms with E-state index in [1.165, 1.54) is 21.3 Å². The van der Waals surface area contributed by atoms with E-state index < -0.39 is 11.1 Å². The molecule has 0 radical (unpaired) electrons. The Morgan fingerprint density at radius 2 is 1.71 bits per heavy atom. The molecule has 0 spiro atoms. The van der Waals surface area contributed by atoms with Gasteiger partial charge in [-0.15, -0.1) is 0 Å². The Hall–Kier alpha value is -3.66. The fourth-order valence-corrected chi connectivity index (χ4v) is 4.33. The number of hydrogen-bond acceptors (Lipinski definition) is 8. The van der Waals surface area contributed by atoms with E-state index in [9.17, 15) is 14.4 Å². The first-order chi connectivity index (χ1) is 16.9. The van der Waals surface area contributed by atoms with Gasteiger partial charge < -0.3 is 24.3 Å². The van der Waals surface area contributed by atoms with Crippen LogP contribution in [0, 0.1) is 0 Å². The Morgan fingerprint density at radius 1 is 1.03 bits per heavy atom. The molecule has 35 heavy (non-hydrogen) atoms. The minimum atomic E-state index is -0.434. The van der Waals surface area contributed by atoms with Gasteiger partial charge >= 0.3 is 0 Å². The van der Waals surface area contributed by atoms with Gasteiger partial charge in [0.2, 0.25) is 5.75 Å². The van der Waals surface area contributed by atoms with Crippen molar-refractivity contribution in [2.24, 2.45) is 0 Å². The Bertz CT molecular complexity index is 1110. The largest absolute Gasteiger partial charge is 0.493 e. The van der Waals surface area contributed by atoms with E-state index in [1.54, 1.807) is 18.2 Å². The number of carbonyl (C=O) groups is 3. The lowest BCUT2D eigenvalue weighted by Crippen LogP contribution is -2.38. The molecule has 10 heteroatoms. The van der Waals surface area contributed by atoms with Crippen molar-refractivity contribution in [1.82, 2.24) is 10.2 Å². The van der Waals surface area contributed by atoms with E-state index in [-0.39, 0.29) is 30.5 Å². The molecule has 3 rings (SSSR count). The predicted octanol–water partition coefficient (Wildman–Crippen LogP) is 3.51. The molecule has 0 unspecified atom stereocenters.